The van der Waals surface area contributed by atoms with Gasteiger partial charge in [0.15, 0.2) is 0 Å². The van der Waals surface area contributed by atoms with Crippen LogP contribution in [0, 0.1) is 0 Å². The molecule has 0 aliphatic carbocycles. The number of likely N-dealkylation sites (N-methyl/N-ethyl adjacent to an activating group) is 2. The van der Waals surface area contributed by atoms with Gasteiger partial charge in [0.25, 0.3) is 0 Å². The minimum atomic E-state index is 0.234. The average Bonchev–Trinajstić information content (AvgIpc) is 2.25. The summed E-state index contributed by atoms with van der Waals surface area (Å²) in [5, 5.41) is 0. The van der Waals surface area contributed by atoms with Gasteiger partial charge in [-0.05, 0) is 37.7 Å². The maximum Gasteiger partial charge on any atom is 0.0231 e. The van der Waals surface area contributed by atoms with Crippen LogP contribution in [0.1, 0.15) is 31.9 Å². The van der Waals surface area contributed by atoms with E-state index in [0.717, 1.165) is 19.6 Å². The smallest absolute Gasteiger partial charge is 0.0231 e. The minimum Gasteiger partial charge on any atom is -0.308 e. The van der Waals surface area contributed by atoms with Crippen molar-refractivity contribution in [2.75, 3.05) is 34.2 Å². The van der Waals surface area contributed by atoms with Crippen LogP contribution in [-0.4, -0.2) is 44.0 Å². The van der Waals surface area contributed by atoms with Gasteiger partial charge >= 0.3 is 0 Å². The van der Waals surface area contributed by atoms with Crippen molar-refractivity contribution in [1.82, 2.24) is 9.80 Å². The van der Waals surface area contributed by atoms with Crippen molar-refractivity contribution in [3.05, 3.63) is 35.4 Å². The largest absolute Gasteiger partial charge is 0.308 e. The maximum atomic E-state index is 2.38. The Hall–Kier alpha value is -0.860. The van der Waals surface area contributed by atoms with Crippen LogP contribution in [0.5, 0.6) is 0 Å². The highest BCUT2D eigenvalue weighted by atomic mass is 15.1. The SMILES string of the molecule is CN(C)CCN(C)Cc1cccc(C(C)(C)C)c1. The fraction of sp³-hybridized carbons (Fsp3) is 0.625. The Kier molecular flexibility index (Phi) is 5.36. The third-order valence-electron chi connectivity index (χ3n) is 3.17. The second-order valence-corrected chi connectivity index (χ2v) is 6.49. The van der Waals surface area contributed by atoms with Crippen molar-refractivity contribution in [3.8, 4) is 0 Å². The van der Waals surface area contributed by atoms with Gasteiger partial charge in [0, 0.05) is 19.6 Å². The Bertz CT molecular complexity index is 364. The molecular formula is C16H28N2. The van der Waals surface area contributed by atoms with Crippen molar-refractivity contribution < 1.29 is 0 Å². The topological polar surface area (TPSA) is 6.48 Å². The Morgan fingerprint density at radius 2 is 1.67 bits per heavy atom. The molecule has 1 aromatic carbocycles. The van der Waals surface area contributed by atoms with Gasteiger partial charge in [0.2, 0.25) is 0 Å². The Morgan fingerprint density at radius 3 is 2.22 bits per heavy atom. The van der Waals surface area contributed by atoms with Gasteiger partial charge < -0.3 is 9.80 Å². The molecule has 0 saturated carbocycles. The van der Waals surface area contributed by atoms with Crippen LogP contribution in [0.4, 0.5) is 0 Å². The first-order valence-electron chi connectivity index (χ1n) is 6.72. The zero-order valence-corrected chi connectivity index (χ0v) is 12.8. The summed E-state index contributed by atoms with van der Waals surface area (Å²) in [4.78, 5) is 4.60. The molecule has 0 fully saturated rings. The van der Waals surface area contributed by atoms with Crippen LogP contribution < -0.4 is 0 Å². The van der Waals surface area contributed by atoms with E-state index < -0.39 is 0 Å². The molecule has 1 aromatic rings. The Labute approximate surface area is 113 Å². The number of rotatable bonds is 5. The van der Waals surface area contributed by atoms with Gasteiger partial charge in [0.1, 0.15) is 0 Å². The van der Waals surface area contributed by atoms with E-state index in [1.54, 1.807) is 0 Å². The molecule has 0 aliphatic rings. The third kappa shape index (κ3) is 5.19. The zero-order chi connectivity index (χ0) is 13.8. The average molecular weight is 248 g/mol. The predicted octanol–water partition coefficient (Wildman–Crippen LogP) is 2.98. The molecule has 0 aliphatic heterocycles. The first kappa shape index (κ1) is 15.2. The van der Waals surface area contributed by atoms with Crippen LogP contribution in [-0.2, 0) is 12.0 Å². The summed E-state index contributed by atoms with van der Waals surface area (Å²) >= 11 is 0. The molecular weight excluding hydrogens is 220 g/mol. The van der Waals surface area contributed by atoms with Crippen molar-refractivity contribution >= 4 is 0 Å². The predicted molar refractivity (Wildman–Crippen MR) is 80.0 cm³/mol. The van der Waals surface area contributed by atoms with E-state index in [-0.39, 0.29) is 5.41 Å². The molecule has 2 heteroatoms. The van der Waals surface area contributed by atoms with Crippen LogP contribution in [0.15, 0.2) is 24.3 Å². The normalized spacial score (nSPS) is 12.4. The lowest BCUT2D eigenvalue weighted by Gasteiger charge is -2.22. The van der Waals surface area contributed by atoms with Crippen LogP contribution in [0.25, 0.3) is 0 Å². The van der Waals surface area contributed by atoms with Crippen molar-refractivity contribution in [3.63, 3.8) is 0 Å². The third-order valence-corrected chi connectivity index (χ3v) is 3.17. The van der Waals surface area contributed by atoms with Crippen molar-refractivity contribution in [1.29, 1.82) is 0 Å². The molecule has 2 nitrogen and oxygen atoms in total. The van der Waals surface area contributed by atoms with Crippen molar-refractivity contribution in [2.24, 2.45) is 0 Å². The number of nitrogens with zero attached hydrogens (tertiary/aromatic N) is 2. The van der Waals surface area contributed by atoms with Gasteiger partial charge in [-0.2, -0.15) is 0 Å². The van der Waals surface area contributed by atoms with E-state index in [2.05, 4.69) is 76.0 Å². The first-order valence-corrected chi connectivity index (χ1v) is 6.72. The second-order valence-electron chi connectivity index (χ2n) is 6.49. The monoisotopic (exact) mass is 248 g/mol. The standard InChI is InChI=1S/C16H28N2/c1-16(2,3)15-9-7-8-14(12-15)13-18(6)11-10-17(4)5/h7-9,12H,10-11,13H2,1-6H3. The minimum absolute atomic E-state index is 0.234. The Balaban J connectivity index is 2.62. The second kappa shape index (κ2) is 6.35. The van der Waals surface area contributed by atoms with E-state index in [1.807, 2.05) is 0 Å². The molecule has 0 atom stereocenters. The maximum absolute atomic E-state index is 2.38. The summed E-state index contributed by atoms with van der Waals surface area (Å²) < 4.78 is 0. The molecule has 0 saturated heterocycles. The lowest BCUT2D eigenvalue weighted by molar-refractivity contribution is 0.276. The molecule has 1 rings (SSSR count). The molecule has 0 N–H and O–H groups in total. The zero-order valence-electron chi connectivity index (χ0n) is 12.8. The van der Waals surface area contributed by atoms with Gasteiger partial charge in [-0.3, -0.25) is 0 Å². The molecule has 102 valence electrons. The summed E-state index contributed by atoms with van der Waals surface area (Å²) in [5.74, 6) is 0. The highest BCUT2D eigenvalue weighted by molar-refractivity contribution is 5.28. The van der Waals surface area contributed by atoms with Gasteiger partial charge in [0.05, 0.1) is 0 Å². The van der Waals surface area contributed by atoms with E-state index >= 15 is 0 Å². The van der Waals surface area contributed by atoms with E-state index in [1.165, 1.54) is 11.1 Å². The lowest BCUT2D eigenvalue weighted by Crippen LogP contribution is -2.28. The number of hydrogen-bond donors (Lipinski definition) is 0. The molecule has 0 amide bonds. The summed E-state index contributed by atoms with van der Waals surface area (Å²) in [7, 11) is 6.43. The Morgan fingerprint density at radius 1 is 1.00 bits per heavy atom. The fourth-order valence-corrected chi connectivity index (χ4v) is 1.90. The molecule has 0 spiro atoms. The van der Waals surface area contributed by atoms with Crippen LogP contribution in [0.2, 0.25) is 0 Å². The molecule has 0 radical (unpaired) electrons. The van der Waals surface area contributed by atoms with Gasteiger partial charge in [-0.1, -0.05) is 45.0 Å². The summed E-state index contributed by atoms with van der Waals surface area (Å²) in [6.45, 7) is 10.0. The molecule has 0 bridgehead atoms. The number of hydrogen-bond acceptors (Lipinski definition) is 2. The van der Waals surface area contributed by atoms with Crippen LogP contribution in [0.3, 0.4) is 0 Å². The van der Waals surface area contributed by atoms with Gasteiger partial charge in [-0.25, -0.2) is 0 Å². The van der Waals surface area contributed by atoms with Crippen molar-refractivity contribution in [2.45, 2.75) is 32.7 Å². The lowest BCUT2D eigenvalue weighted by atomic mass is 9.86. The quantitative estimate of drug-likeness (QED) is 0.790. The van der Waals surface area contributed by atoms with Gasteiger partial charge in [-0.15, -0.1) is 0 Å². The summed E-state index contributed by atoms with van der Waals surface area (Å²) in [6.07, 6.45) is 0. The molecule has 0 unspecified atom stereocenters. The molecule has 0 heterocycles. The van der Waals surface area contributed by atoms with E-state index in [9.17, 15) is 0 Å². The van der Waals surface area contributed by atoms with E-state index in [4.69, 9.17) is 0 Å². The highest BCUT2D eigenvalue weighted by Gasteiger charge is 2.13. The molecule has 18 heavy (non-hydrogen) atoms. The summed E-state index contributed by atoms with van der Waals surface area (Å²) in [6, 6.07) is 8.96. The fourth-order valence-electron chi connectivity index (χ4n) is 1.90. The number of benzene rings is 1. The summed E-state index contributed by atoms with van der Waals surface area (Å²) in [5.41, 5.74) is 3.06. The molecule has 0 aromatic heterocycles. The van der Waals surface area contributed by atoms with Crippen LogP contribution >= 0.6 is 0 Å². The first-order chi connectivity index (χ1) is 8.29. The highest BCUT2D eigenvalue weighted by Crippen LogP contribution is 2.23. The van der Waals surface area contributed by atoms with E-state index in [0.29, 0.717) is 0 Å².